The summed E-state index contributed by atoms with van der Waals surface area (Å²) >= 11 is 3.19. The molecule has 0 bridgehead atoms. The van der Waals surface area contributed by atoms with E-state index in [2.05, 4.69) is 21.2 Å². The molecule has 1 aromatic rings. The monoisotopic (exact) mass is 397 g/mol. The standard InChI is InChI=1S/C16H16BrNO4.CH4O/c1-3-4-5-12(22-2)7-9-15(19)18-14-8-6-11(17)10-13(14)16(20)21;1-2/h3-10H,1-2H3,(H,18,19)(H,20,21);2H,1H3/b4-3-,9-7+,12-5+;. The van der Waals surface area contributed by atoms with E-state index >= 15 is 0 Å². The molecule has 3 N–H and O–H groups in total. The minimum absolute atomic E-state index is 0.00699. The second kappa shape index (κ2) is 12.1. The maximum atomic E-state index is 11.9. The van der Waals surface area contributed by atoms with Crippen LogP contribution in [-0.2, 0) is 9.53 Å². The minimum atomic E-state index is -1.12. The number of carbonyl (C=O) groups excluding carboxylic acids is 1. The number of allylic oxidation sites excluding steroid dienone is 4. The fraction of sp³-hybridized carbons (Fsp3) is 0.176. The number of anilines is 1. The van der Waals surface area contributed by atoms with Crippen LogP contribution >= 0.6 is 15.9 Å². The zero-order valence-corrected chi connectivity index (χ0v) is 15.2. The van der Waals surface area contributed by atoms with Gasteiger partial charge in [0.05, 0.1) is 18.4 Å². The van der Waals surface area contributed by atoms with E-state index in [4.69, 9.17) is 14.9 Å². The van der Waals surface area contributed by atoms with Crippen molar-refractivity contribution in [1.82, 2.24) is 0 Å². The van der Waals surface area contributed by atoms with Gasteiger partial charge < -0.3 is 20.3 Å². The van der Waals surface area contributed by atoms with Crippen LogP contribution < -0.4 is 5.32 Å². The van der Waals surface area contributed by atoms with E-state index in [0.717, 1.165) is 7.11 Å². The lowest BCUT2D eigenvalue weighted by atomic mass is 10.2. The highest BCUT2D eigenvalue weighted by molar-refractivity contribution is 9.10. The summed E-state index contributed by atoms with van der Waals surface area (Å²) in [4.78, 5) is 23.0. The van der Waals surface area contributed by atoms with Gasteiger partial charge in [0.2, 0.25) is 5.91 Å². The van der Waals surface area contributed by atoms with Gasteiger partial charge in [0.25, 0.3) is 0 Å². The summed E-state index contributed by atoms with van der Waals surface area (Å²) < 4.78 is 5.69. The highest BCUT2D eigenvalue weighted by Crippen LogP contribution is 2.21. The second-order valence-electron chi connectivity index (χ2n) is 4.12. The summed E-state index contributed by atoms with van der Waals surface area (Å²) in [6, 6.07) is 4.60. The molecule has 0 aliphatic heterocycles. The van der Waals surface area contributed by atoms with Crippen molar-refractivity contribution in [1.29, 1.82) is 0 Å². The molecule has 6 nitrogen and oxygen atoms in total. The summed E-state index contributed by atoms with van der Waals surface area (Å²) in [5, 5.41) is 18.7. The third kappa shape index (κ3) is 7.75. The number of hydrogen-bond donors (Lipinski definition) is 3. The number of carboxylic acids is 1. The molecule has 0 unspecified atom stereocenters. The molecule has 0 fully saturated rings. The first kappa shape index (κ1) is 21.6. The number of aliphatic hydroxyl groups is 1. The van der Waals surface area contributed by atoms with Gasteiger partial charge in [-0.25, -0.2) is 4.79 Å². The molecule has 0 saturated heterocycles. The maximum absolute atomic E-state index is 11.9. The number of aliphatic hydroxyl groups excluding tert-OH is 1. The Morgan fingerprint density at radius 1 is 1.25 bits per heavy atom. The SMILES string of the molecule is CO.C\C=C/C=C(\C=C\C(=O)Nc1ccc(Br)cc1C(=O)O)OC. The number of benzene rings is 1. The van der Waals surface area contributed by atoms with Crippen LogP contribution in [0.1, 0.15) is 17.3 Å². The van der Waals surface area contributed by atoms with Gasteiger partial charge in [-0.1, -0.05) is 28.1 Å². The molecule has 0 saturated carbocycles. The Kier molecular flexibility index (Phi) is 10.9. The normalized spacial score (nSPS) is 11.1. The first-order chi connectivity index (χ1) is 11.5. The van der Waals surface area contributed by atoms with Gasteiger partial charge in [0.1, 0.15) is 5.76 Å². The van der Waals surface area contributed by atoms with Gasteiger partial charge >= 0.3 is 5.97 Å². The van der Waals surface area contributed by atoms with E-state index in [1.165, 1.54) is 31.4 Å². The topological polar surface area (TPSA) is 95.9 Å². The van der Waals surface area contributed by atoms with E-state index in [9.17, 15) is 9.59 Å². The van der Waals surface area contributed by atoms with Crippen molar-refractivity contribution in [3.63, 3.8) is 0 Å². The maximum Gasteiger partial charge on any atom is 0.337 e. The van der Waals surface area contributed by atoms with Crippen molar-refractivity contribution in [2.24, 2.45) is 0 Å². The van der Waals surface area contributed by atoms with Gasteiger partial charge in [-0.15, -0.1) is 0 Å². The van der Waals surface area contributed by atoms with Crippen LogP contribution in [0.15, 0.2) is 58.8 Å². The first-order valence-electron chi connectivity index (χ1n) is 6.81. The van der Waals surface area contributed by atoms with Crippen molar-refractivity contribution in [3.05, 3.63) is 64.4 Å². The first-order valence-corrected chi connectivity index (χ1v) is 7.60. The molecule has 0 aromatic heterocycles. The molecule has 1 aromatic carbocycles. The third-order valence-electron chi connectivity index (χ3n) is 2.56. The summed E-state index contributed by atoms with van der Waals surface area (Å²) in [6.45, 7) is 1.86. The van der Waals surface area contributed by atoms with Crippen LogP contribution in [-0.4, -0.2) is 36.3 Å². The molecule has 0 heterocycles. The molecule has 1 amide bonds. The molecule has 1 rings (SSSR count). The molecule has 7 heteroatoms. The van der Waals surface area contributed by atoms with Crippen molar-refractivity contribution in [2.45, 2.75) is 6.92 Å². The smallest absolute Gasteiger partial charge is 0.337 e. The number of rotatable bonds is 6. The average molecular weight is 398 g/mol. The van der Waals surface area contributed by atoms with Crippen molar-refractivity contribution in [2.75, 3.05) is 19.5 Å². The fourth-order valence-corrected chi connectivity index (χ4v) is 1.88. The minimum Gasteiger partial charge on any atom is -0.497 e. The van der Waals surface area contributed by atoms with E-state index in [1.807, 2.05) is 13.0 Å². The molecule has 0 aliphatic carbocycles. The van der Waals surface area contributed by atoms with E-state index in [-0.39, 0.29) is 11.3 Å². The Morgan fingerprint density at radius 2 is 1.92 bits per heavy atom. The Morgan fingerprint density at radius 3 is 2.46 bits per heavy atom. The average Bonchev–Trinajstić information content (AvgIpc) is 2.58. The summed E-state index contributed by atoms with van der Waals surface area (Å²) in [6.07, 6.45) is 8.07. The quantitative estimate of drug-likeness (QED) is 0.388. The van der Waals surface area contributed by atoms with Gasteiger partial charge in [0, 0.05) is 17.7 Å². The zero-order chi connectivity index (χ0) is 18.5. The lowest BCUT2D eigenvalue weighted by Gasteiger charge is -2.07. The third-order valence-corrected chi connectivity index (χ3v) is 3.05. The predicted molar refractivity (Wildman–Crippen MR) is 96.9 cm³/mol. The van der Waals surface area contributed by atoms with E-state index in [0.29, 0.717) is 10.2 Å². The van der Waals surface area contributed by atoms with Crippen LogP contribution in [0, 0.1) is 0 Å². The zero-order valence-electron chi connectivity index (χ0n) is 13.6. The van der Waals surface area contributed by atoms with Crippen LogP contribution in [0.5, 0.6) is 0 Å². The van der Waals surface area contributed by atoms with Gasteiger partial charge in [0.15, 0.2) is 0 Å². The van der Waals surface area contributed by atoms with Crippen LogP contribution in [0.25, 0.3) is 0 Å². The molecule has 0 aliphatic rings. The van der Waals surface area contributed by atoms with Crippen LogP contribution in [0.3, 0.4) is 0 Å². The molecule has 0 radical (unpaired) electrons. The second-order valence-corrected chi connectivity index (χ2v) is 5.03. The Labute approximate surface area is 149 Å². The molecule has 0 spiro atoms. The number of aromatic carboxylic acids is 1. The highest BCUT2D eigenvalue weighted by atomic mass is 79.9. The van der Waals surface area contributed by atoms with Crippen molar-refractivity contribution < 1.29 is 24.5 Å². The van der Waals surface area contributed by atoms with Gasteiger partial charge in [-0.3, -0.25) is 4.79 Å². The molecular weight excluding hydrogens is 378 g/mol. The van der Waals surface area contributed by atoms with Crippen LogP contribution in [0.2, 0.25) is 0 Å². The molecule has 24 heavy (non-hydrogen) atoms. The van der Waals surface area contributed by atoms with Gasteiger partial charge in [-0.2, -0.15) is 0 Å². The molecular formula is C17H20BrNO5. The summed E-state index contributed by atoms with van der Waals surface area (Å²) in [5.74, 6) is -1.07. The lowest BCUT2D eigenvalue weighted by Crippen LogP contribution is -2.12. The Balaban J connectivity index is 0.00000254. The van der Waals surface area contributed by atoms with Crippen molar-refractivity contribution in [3.8, 4) is 0 Å². The Bertz CT molecular complexity index is 650. The number of halogens is 1. The van der Waals surface area contributed by atoms with Crippen molar-refractivity contribution >= 4 is 33.5 Å². The lowest BCUT2D eigenvalue weighted by molar-refractivity contribution is -0.111. The number of carbonyl (C=O) groups is 2. The fourth-order valence-electron chi connectivity index (χ4n) is 1.52. The largest absolute Gasteiger partial charge is 0.497 e. The van der Waals surface area contributed by atoms with E-state index in [1.54, 1.807) is 18.2 Å². The van der Waals surface area contributed by atoms with Gasteiger partial charge in [-0.05, 0) is 37.3 Å². The number of hydrogen-bond acceptors (Lipinski definition) is 4. The number of amides is 1. The number of nitrogens with one attached hydrogen (secondary N) is 1. The number of methoxy groups -OCH3 is 1. The summed E-state index contributed by atoms with van der Waals surface area (Å²) in [7, 11) is 2.49. The number of carboxylic acid groups (broad SMARTS) is 1. The number of ether oxygens (including phenoxy) is 1. The Hall–Kier alpha value is -2.38. The summed E-state index contributed by atoms with van der Waals surface area (Å²) in [5.41, 5.74) is 0.231. The van der Waals surface area contributed by atoms with Crippen LogP contribution in [0.4, 0.5) is 5.69 Å². The molecule has 0 atom stereocenters. The molecule has 130 valence electrons. The highest BCUT2D eigenvalue weighted by Gasteiger charge is 2.11. The predicted octanol–water partition coefficient (Wildman–Crippen LogP) is 3.36. The van der Waals surface area contributed by atoms with E-state index < -0.39 is 11.9 Å².